The van der Waals surface area contributed by atoms with Crippen molar-refractivity contribution in [2.45, 2.75) is 99.3 Å². The van der Waals surface area contributed by atoms with Gasteiger partial charge in [-0.3, -0.25) is 0 Å². The molecule has 24 heavy (non-hydrogen) atoms. The quantitative estimate of drug-likeness (QED) is 0.482. The molecule has 0 heteroatoms. The van der Waals surface area contributed by atoms with Crippen molar-refractivity contribution in [3.05, 3.63) is 22.8 Å². The molecule has 2 fully saturated rings. The summed E-state index contributed by atoms with van der Waals surface area (Å²) in [5.41, 5.74) is 4.96. The highest BCUT2D eigenvalue weighted by molar-refractivity contribution is 5.34. The van der Waals surface area contributed by atoms with Gasteiger partial charge in [-0.2, -0.15) is 0 Å². The highest BCUT2D eigenvalue weighted by atomic mass is 14.4. The fraction of sp³-hybridized carbons (Fsp3) is 0.833. The van der Waals surface area contributed by atoms with Gasteiger partial charge in [0, 0.05) is 0 Å². The third-order valence-corrected chi connectivity index (χ3v) is 7.33. The summed E-state index contributed by atoms with van der Waals surface area (Å²) in [6.07, 6.45) is 15.9. The number of allylic oxidation sites excluding steroid dienone is 4. The van der Waals surface area contributed by atoms with Crippen LogP contribution in [0.25, 0.3) is 0 Å². The van der Waals surface area contributed by atoms with Gasteiger partial charge in [-0.1, -0.05) is 63.3 Å². The fourth-order valence-corrected chi connectivity index (χ4v) is 5.35. The maximum absolute atomic E-state index is 2.54. The SMILES string of the molecule is CC.CC1=C(C)C(C)CC(C2CCC(C3CCC(C)CC3)CC2)=C1. The summed E-state index contributed by atoms with van der Waals surface area (Å²) in [4.78, 5) is 0. The number of rotatable bonds is 2. The smallest absolute Gasteiger partial charge is 0.0191 e. The van der Waals surface area contributed by atoms with Crippen molar-refractivity contribution < 1.29 is 0 Å². The van der Waals surface area contributed by atoms with Crippen LogP contribution in [0, 0.1) is 29.6 Å². The maximum atomic E-state index is 2.54. The Hall–Kier alpha value is -0.520. The van der Waals surface area contributed by atoms with Gasteiger partial charge < -0.3 is 0 Å². The first-order valence-electron chi connectivity index (χ1n) is 10.9. The van der Waals surface area contributed by atoms with E-state index in [4.69, 9.17) is 0 Å². The molecule has 1 unspecified atom stereocenters. The average Bonchev–Trinajstić information content (AvgIpc) is 2.62. The Morgan fingerprint density at radius 2 is 1.25 bits per heavy atom. The van der Waals surface area contributed by atoms with E-state index < -0.39 is 0 Å². The van der Waals surface area contributed by atoms with Gasteiger partial charge in [-0.15, -0.1) is 0 Å². The second-order valence-corrected chi connectivity index (χ2v) is 8.82. The van der Waals surface area contributed by atoms with Gasteiger partial charge in [-0.05, 0) is 88.4 Å². The fourth-order valence-electron chi connectivity index (χ4n) is 5.35. The third-order valence-electron chi connectivity index (χ3n) is 7.33. The number of hydrogen-bond donors (Lipinski definition) is 0. The molecule has 3 rings (SSSR count). The second-order valence-electron chi connectivity index (χ2n) is 8.82. The summed E-state index contributed by atoms with van der Waals surface area (Å²) in [6, 6.07) is 0. The Bertz CT molecular complexity index is 437. The van der Waals surface area contributed by atoms with Crippen LogP contribution in [0.4, 0.5) is 0 Å². The van der Waals surface area contributed by atoms with Crippen LogP contribution in [0.3, 0.4) is 0 Å². The summed E-state index contributed by atoms with van der Waals surface area (Å²) >= 11 is 0. The van der Waals surface area contributed by atoms with E-state index in [0.29, 0.717) is 0 Å². The minimum absolute atomic E-state index is 0.776. The Morgan fingerprint density at radius 1 is 0.750 bits per heavy atom. The van der Waals surface area contributed by atoms with Gasteiger partial charge in [-0.25, -0.2) is 0 Å². The molecule has 0 spiro atoms. The first-order valence-corrected chi connectivity index (χ1v) is 10.9. The van der Waals surface area contributed by atoms with E-state index in [1.807, 2.05) is 13.8 Å². The molecule has 0 aromatic rings. The molecule has 0 bridgehead atoms. The van der Waals surface area contributed by atoms with Crippen LogP contribution in [0.2, 0.25) is 0 Å². The number of hydrogen-bond acceptors (Lipinski definition) is 0. The summed E-state index contributed by atoms with van der Waals surface area (Å²) in [5.74, 6) is 4.81. The van der Waals surface area contributed by atoms with Crippen LogP contribution in [-0.2, 0) is 0 Å². The van der Waals surface area contributed by atoms with Crippen molar-refractivity contribution in [3.8, 4) is 0 Å². The summed E-state index contributed by atoms with van der Waals surface area (Å²) in [6.45, 7) is 13.5. The van der Waals surface area contributed by atoms with Crippen LogP contribution in [0.15, 0.2) is 22.8 Å². The predicted molar refractivity (Wildman–Crippen MR) is 108 cm³/mol. The van der Waals surface area contributed by atoms with Gasteiger partial charge >= 0.3 is 0 Å². The molecule has 0 radical (unpaired) electrons. The first kappa shape index (κ1) is 19.8. The van der Waals surface area contributed by atoms with E-state index >= 15 is 0 Å². The van der Waals surface area contributed by atoms with Crippen LogP contribution >= 0.6 is 0 Å². The molecule has 3 aliphatic rings. The molecule has 0 nitrogen and oxygen atoms in total. The molecule has 0 aliphatic heterocycles. The zero-order valence-electron chi connectivity index (χ0n) is 17.3. The lowest BCUT2D eigenvalue weighted by Gasteiger charge is -2.39. The van der Waals surface area contributed by atoms with Gasteiger partial charge in [0.2, 0.25) is 0 Å². The van der Waals surface area contributed by atoms with E-state index in [9.17, 15) is 0 Å². The van der Waals surface area contributed by atoms with E-state index in [0.717, 1.165) is 29.6 Å². The van der Waals surface area contributed by atoms with Crippen molar-refractivity contribution in [2.24, 2.45) is 29.6 Å². The van der Waals surface area contributed by atoms with E-state index in [1.54, 1.807) is 16.7 Å². The second kappa shape index (κ2) is 9.25. The van der Waals surface area contributed by atoms with Crippen LogP contribution in [0.5, 0.6) is 0 Å². The monoisotopic (exact) mass is 330 g/mol. The lowest BCUT2D eigenvalue weighted by molar-refractivity contribution is 0.157. The summed E-state index contributed by atoms with van der Waals surface area (Å²) in [7, 11) is 0. The Balaban J connectivity index is 0.00000100. The molecule has 0 saturated heterocycles. The van der Waals surface area contributed by atoms with Crippen molar-refractivity contribution in [2.75, 3.05) is 0 Å². The normalized spacial score (nSPS) is 37.4. The van der Waals surface area contributed by atoms with Crippen LogP contribution in [-0.4, -0.2) is 0 Å². The molecule has 0 aromatic carbocycles. The minimum atomic E-state index is 0.776. The van der Waals surface area contributed by atoms with Crippen molar-refractivity contribution >= 4 is 0 Å². The maximum Gasteiger partial charge on any atom is -0.0191 e. The summed E-state index contributed by atoms with van der Waals surface area (Å²) < 4.78 is 0. The first-order chi connectivity index (χ1) is 11.5. The van der Waals surface area contributed by atoms with Crippen LogP contribution in [0.1, 0.15) is 99.3 Å². The summed E-state index contributed by atoms with van der Waals surface area (Å²) in [5, 5.41) is 0. The van der Waals surface area contributed by atoms with Crippen molar-refractivity contribution in [1.29, 1.82) is 0 Å². The van der Waals surface area contributed by atoms with Crippen molar-refractivity contribution in [3.63, 3.8) is 0 Å². The predicted octanol–water partition coefficient (Wildman–Crippen LogP) is 7.95. The van der Waals surface area contributed by atoms with Gasteiger partial charge in [0.1, 0.15) is 0 Å². The molecular formula is C24H42. The Labute approximate surface area is 152 Å². The molecule has 3 aliphatic carbocycles. The Kier molecular flexibility index (Phi) is 7.63. The van der Waals surface area contributed by atoms with Gasteiger partial charge in [0.15, 0.2) is 0 Å². The zero-order valence-corrected chi connectivity index (χ0v) is 17.3. The average molecular weight is 331 g/mol. The molecule has 138 valence electrons. The lowest BCUT2D eigenvalue weighted by Crippen LogP contribution is -2.26. The molecule has 0 heterocycles. The van der Waals surface area contributed by atoms with Crippen LogP contribution < -0.4 is 0 Å². The van der Waals surface area contributed by atoms with E-state index in [1.165, 1.54) is 57.8 Å². The highest BCUT2D eigenvalue weighted by Gasteiger charge is 2.31. The zero-order chi connectivity index (χ0) is 17.7. The molecular weight excluding hydrogens is 288 g/mol. The molecule has 0 aromatic heterocycles. The van der Waals surface area contributed by atoms with Gasteiger partial charge in [0.25, 0.3) is 0 Å². The van der Waals surface area contributed by atoms with Gasteiger partial charge in [0.05, 0.1) is 0 Å². The molecule has 0 amide bonds. The van der Waals surface area contributed by atoms with Crippen molar-refractivity contribution in [1.82, 2.24) is 0 Å². The van der Waals surface area contributed by atoms with E-state index in [-0.39, 0.29) is 0 Å². The highest BCUT2D eigenvalue weighted by Crippen LogP contribution is 2.44. The minimum Gasteiger partial charge on any atom is -0.0683 e. The Morgan fingerprint density at radius 3 is 1.75 bits per heavy atom. The topological polar surface area (TPSA) is 0 Å². The third kappa shape index (κ3) is 4.77. The lowest BCUT2D eigenvalue weighted by atomic mass is 9.67. The largest absolute Gasteiger partial charge is 0.0683 e. The standard InChI is InChI=1S/C22H36.C2H6/c1-15-5-7-19(8-6-15)20-9-11-21(12-10-20)22-13-16(2)18(4)17(3)14-22;1-2/h13,15,17,19-21H,5-12,14H2,1-4H3;1-2H3. The molecule has 0 N–H and O–H groups in total. The molecule has 1 atom stereocenters. The van der Waals surface area contributed by atoms with E-state index in [2.05, 4.69) is 33.8 Å². The molecule has 2 saturated carbocycles.